The molecule has 0 atom stereocenters. The summed E-state index contributed by atoms with van der Waals surface area (Å²) in [6.07, 6.45) is -4.39. The standard InChI is InChI=1S/C8H11BrF3NO/c1-6(2,9)5(14)13-7(3-4-7)8(10,11)12/h3-4H2,1-2H3,(H,13,14). The Morgan fingerprint density at radius 3 is 2.00 bits per heavy atom. The van der Waals surface area contributed by atoms with Crippen LogP contribution in [0, 0.1) is 0 Å². The SMILES string of the molecule is CC(C)(Br)C(=O)NC1(C(F)(F)F)CC1. The molecule has 6 heteroatoms. The Bertz CT molecular complexity index is 252. The third kappa shape index (κ3) is 2.21. The highest BCUT2D eigenvalue weighted by molar-refractivity contribution is 9.10. The molecule has 0 aromatic heterocycles. The van der Waals surface area contributed by atoms with Crippen LogP contribution in [0.1, 0.15) is 26.7 Å². The number of carbonyl (C=O) groups excluding carboxylic acids is 1. The predicted molar refractivity (Wildman–Crippen MR) is 49.2 cm³/mol. The van der Waals surface area contributed by atoms with Crippen molar-refractivity contribution in [2.45, 2.75) is 42.7 Å². The first kappa shape index (κ1) is 11.8. The summed E-state index contributed by atoms with van der Waals surface area (Å²) >= 11 is 3.01. The van der Waals surface area contributed by atoms with Gasteiger partial charge in [0.15, 0.2) is 0 Å². The first-order valence-corrected chi connectivity index (χ1v) is 4.96. The van der Waals surface area contributed by atoms with Crippen LogP contribution in [0.5, 0.6) is 0 Å². The maximum Gasteiger partial charge on any atom is 0.411 e. The highest BCUT2D eigenvalue weighted by Gasteiger charge is 2.64. The molecule has 1 N–H and O–H groups in total. The lowest BCUT2D eigenvalue weighted by atomic mass is 10.1. The van der Waals surface area contributed by atoms with Gasteiger partial charge in [0.1, 0.15) is 5.54 Å². The van der Waals surface area contributed by atoms with Gasteiger partial charge in [-0.15, -0.1) is 0 Å². The summed E-state index contributed by atoms with van der Waals surface area (Å²) in [6.45, 7) is 3.02. The molecule has 0 heterocycles. The molecule has 0 radical (unpaired) electrons. The van der Waals surface area contributed by atoms with Crippen LogP contribution in [-0.4, -0.2) is 21.9 Å². The number of nitrogens with one attached hydrogen (secondary N) is 1. The van der Waals surface area contributed by atoms with E-state index in [0.717, 1.165) is 0 Å². The first-order valence-electron chi connectivity index (χ1n) is 4.17. The molecule has 1 rings (SSSR count). The number of hydrogen-bond acceptors (Lipinski definition) is 1. The number of carbonyl (C=O) groups is 1. The topological polar surface area (TPSA) is 29.1 Å². The predicted octanol–water partition coefficient (Wildman–Crippen LogP) is 2.37. The van der Waals surface area contributed by atoms with Crippen molar-refractivity contribution in [3.8, 4) is 0 Å². The second kappa shape index (κ2) is 3.12. The molecule has 0 aliphatic heterocycles. The zero-order valence-electron chi connectivity index (χ0n) is 7.83. The smallest absolute Gasteiger partial charge is 0.341 e. The van der Waals surface area contributed by atoms with Gasteiger partial charge < -0.3 is 5.32 Å². The monoisotopic (exact) mass is 273 g/mol. The normalized spacial score (nSPS) is 20.4. The number of alkyl halides is 4. The minimum absolute atomic E-state index is 0.0225. The summed E-state index contributed by atoms with van der Waals surface area (Å²) in [5, 5.41) is 2.04. The quantitative estimate of drug-likeness (QED) is 0.769. The van der Waals surface area contributed by atoms with Gasteiger partial charge in [-0.1, -0.05) is 15.9 Å². The van der Waals surface area contributed by atoms with E-state index < -0.39 is 21.9 Å². The summed E-state index contributed by atoms with van der Waals surface area (Å²) in [6, 6.07) is 0. The lowest BCUT2D eigenvalue weighted by Crippen LogP contribution is -2.52. The average Bonchev–Trinajstić information content (AvgIpc) is 2.64. The van der Waals surface area contributed by atoms with Gasteiger partial charge in [0.05, 0.1) is 4.32 Å². The molecule has 82 valence electrons. The fourth-order valence-electron chi connectivity index (χ4n) is 0.970. The molecule has 0 aromatic carbocycles. The fraction of sp³-hybridized carbons (Fsp3) is 0.875. The van der Waals surface area contributed by atoms with E-state index in [2.05, 4.69) is 15.9 Å². The van der Waals surface area contributed by atoms with Crippen molar-refractivity contribution in [1.82, 2.24) is 5.32 Å². The minimum Gasteiger partial charge on any atom is -0.341 e. The molecule has 0 aromatic rings. The van der Waals surface area contributed by atoms with E-state index in [0.29, 0.717) is 0 Å². The Labute approximate surface area is 88.4 Å². The van der Waals surface area contributed by atoms with Gasteiger partial charge in [0.2, 0.25) is 5.91 Å². The molecule has 1 saturated carbocycles. The second-order valence-electron chi connectivity index (χ2n) is 4.01. The maximum absolute atomic E-state index is 12.4. The summed E-state index contributed by atoms with van der Waals surface area (Å²) in [7, 11) is 0. The average molecular weight is 274 g/mol. The molecule has 1 aliphatic carbocycles. The molecule has 0 spiro atoms. The minimum atomic E-state index is -4.35. The van der Waals surface area contributed by atoms with E-state index in [9.17, 15) is 18.0 Å². The molecular formula is C8H11BrF3NO. The van der Waals surface area contributed by atoms with E-state index in [1.807, 2.05) is 5.32 Å². The van der Waals surface area contributed by atoms with E-state index in [1.165, 1.54) is 13.8 Å². The van der Waals surface area contributed by atoms with Crippen molar-refractivity contribution < 1.29 is 18.0 Å². The summed E-state index contributed by atoms with van der Waals surface area (Å²) in [5.41, 5.74) is -1.96. The molecule has 1 amide bonds. The van der Waals surface area contributed by atoms with Gasteiger partial charge in [-0.25, -0.2) is 0 Å². The van der Waals surface area contributed by atoms with Crippen LogP contribution in [0.2, 0.25) is 0 Å². The van der Waals surface area contributed by atoms with Crippen LogP contribution >= 0.6 is 15.9 Å². The molecule has 1 fully saturated rings. The van der Waals surface area contributed by atoms with Crippen molar-refractivity contribution in [3.05, 3.63) is 0 Å². The van der Waals surface area contributed by atoms with Crippen molar-refractivity contribution in [2.24, 2.45) is 0 Å². The maximum atomic E-state index is 12.4. The number of hydrogen-bond donors (Lipinski definition) is 1. The summed E-state index contributed by atoms with van der Waals surface area (Å²) in [5.74, 6) is -0.632. The van der Waals surface area contributed by atoms with Crippen molar-refractivity contribution in [2.75, 3.05) is 0 Å². The van der Waals surface area contributed by atoms with E-state index in [-0.39, 0.29) is 12.8 Å². The van der Waals surface area contributed by atoms with Gasteiger partial charge in [-0.2, -0.15) is 13.2 Å². The Kier molecular flexibility index (Phi) is 2.63. The van der Waals surface area contributed by atoms with Crippen LogP contribution < -0.4 is 5.32 Å². The summed E-state index contributed by atoms with van der Waals surface area (Å²) < 4.78 is 36.3. The van der Waals surface area contributed by atoms with Gasteiger partial charge >= 0.3 is 6.18 Å². The highest BCUT2D eigenvalue weighted by Crippen LogP contribution is 2.49. The number of halogens is 4. The molecule has 1 aliphatic rings. The Morgan fingerprint density at radius 1 is 1.36 bits per heavy atom. The molecule has 14 heavy (non-hydrogen) atoms. The summed E-state index contributed by atoms with van der Waals surface area (Å²) in [4.78, 5) is 11.3. The Balaban J connectivity index is 2.67. The van der Waals surface area contributed by atoms with Crippen LogP contribution in [0.25, 0.3) is 0 Å². The first-order chi connectivity index (χ1) is 6.08. The molecule has 0 unspecified atom stereocenters. The van der Waals surface area contributed by atoms with Crippen molar-refractivity contribution in [1.29, 1.82) is 0 Å². The zero-order chi connectivity index (χ0) is 11.2. The van der Waals surface area contributed by atoms with Crippen LogP contribution in [0.15, 0.2) is 0 Å². The molecule has 0 bridgehead atoms. The van der Waals surface area contributed by atoms with Gasteiger partial charge in [-0.05, 0) is 26.7 Å². The Hall–Kier alpha value is -0.260. The van der Waals surface area contributed by atoms with Crippen molar-refractivity contribution >= 4 is 21.8 Å². The lowest BCUT2D eigenvalue weighted by Gasteiger charge is -2.24. The molecule has 0 saturated heterocycles. The molecule has 2 nitrogen and oxygen atoms in total. The molecular weight excluding hydrogens is 263 g/mol. The van der Waals surface area contributed by atoms with E-state index in [1.54, 1.807) is 0 Å². The van der Waals surface area contributed by atoms with E-state index in [4.69, 9.17) is 0 Å². The second-order valence-corrected chi connectivity index (χ2v) is 5.99. The van der Waals surface area contributed by atoms with Crippen LogP contribution in [0.3, 0.4) is 0 Å². The van der Waals surface area contributed by atoms with Gasteiger partial charge in [-0.3, -0.25) is 4.79 Å². The van der Waals surface area contributed by atoms with Gasteiger partial charge in [0, 0.05) is 0 Å². The largest absolute Gasteiger partial charge is 0.411 e. The number of rotatable bonds is 2. The number of amides is 1. The van der Waals surface area contributed by atoms with Crippen molar-refractivity contribution in [3.63, 3.8) is 0 Å². The third-order valence-electron chi connectivity index (χ3n) is 2.19. The van der Waals surface area contributed by atoms with Crippen LogP contribution in [0.4, 0.5) is 13.2 Å². The van der Waals surface area contributed by atoms with Gasteiger partial charge in [0.25, 0.3) is 0 Å². The zero-order valence-corrected chi connectivity index (χ0v) is 9.42. The third-order valence-corrected chi connectivity index (χ3v) is 2.55. The Morgan fingerprint density at radius 2 is 1.79 bits per heavy atom. The highest BCUT2D eigenvalue weighted by atomic mass is 79.9. The van der Waals surface area contributed by atoms with E-state index >= 15 is 0 Å². The lowest BCUT2D eigenvalue weighted by molar-refractivity contribution is -0.170. The van der Waals surface area contributed by atoms with Crippen LogP contribution in [-0.2, 0) is 4.79 Å². The fourth-order valence-corrected chi connectivity index (χ4v) is 1.07.